The number of nitrogens with one attached hydrogen (secondary N) is 1. The molecule has 0 aliphatic carbocycles. The fourth-order valence-electron chi connectivity index (χ4n) is 2.45. The Morgan fingerprint density at radius 3 is 2.90 bits per heavy atom. The van der Waals surface area contributed by atoms with Crippen LogP contribution in [-0.4, -0.2) is 12.5 Å². The molecule has 0 spiro atoms. The fourth-order valence-corrected chi connectivity index (χ4v) is 2.64. The Kier molecular flexibility index (Phi) is 3.71. The van der Waals surface area contributed by atoms with E-state index in [0.717, 1.165) is 29.0 Å². The summed E-state index contributed by atoms with van der Waals surface area (Å²) in [7, 11) is 0. The highest BCUT2D eigenvalue weighted by atomic mass is 35.5. The van der Waals surface area contributed by atoms with E-state index in [1.165, 1.54) is 0 Å². The van der Waals surface area contributed by atoms with Gasteiger partial charge in [0, 0.05) is 17.1 Å². The minimum atomic E-state index is -0.602. The molecule has 0 radical (unpaired) electrons. The van der Waals surface area contributed by atoms with Crippen molar-refractivity contribution in [1.29, 1.82) is 0 Å². The number of anilines is 1. The summed E-state index contributed by atoms with van der Waals surface area (Å²) in [6.07, 6.45) is 0.853. The summed E-state index contributed by atoms with van der Waals surface area (Å²) in [4.78, 5) is 11.8. The number of hydrogen-bond donors (Lipinski definition) is 2. The standard InChI is InChI=1S/C16H15ClN2O2/c17-12-2-1-3-13(9-12)19-15(16(18)20)11-4-5-14-10(8-11)6-7-21-14/h1-5,8-9,15,19H,6-7H2,(H2,18,20). The van der Waals surface area contributed by atoms with Crippen molar-refractivity contribution < 1.29 is 9.53 Å². The number of halogens is 1. The molecule has 21 heavy (non-hydrogen) atoms. The smallest absolute Gasteiger partial charge is 0.244 e. The van der Waals surface area contributed by atoms with Gasteiger partial charge in [-0.15, -0.1) is 0 Å². The third kappa shape index (κ3) is 2.95. The fraction of sp³-hybridized carbons (Fsp3) is 0.188. The van der Waals surface area contributed by atoms with Gasteiger partial charge in [0.15, 0.2) is 0 Å². The van der Waals surface area contributed by atoms with Crippen LogP contribution in [0, 0.1) is 0 Å². The van der Waals surface area contributed by atoms with Crippen molar-refractivity contribution in [3.63, 3.8) is 0 Å². The lowest BCUT2D eigenvalue weighted by molar-refractivity contribution is -0.118. The average molecular weight is 303 g/mol. The summed E-state index contributed by atoms with van der Waals surface area (Å²) in [6, 6.07) is 12.3. The third-order valence-corrected chi connectivity index (χ3v) is 3.70. The SMILES string of the molecule is NC(=O)C(Nc1cccc(Cl)c1)c1ccc2c(c1)CCO2. The Morgan fingerprint density at radius 1 is 1.29 bits per heavy atom. The number of primary amides is 1. The van der Waals surface area contributed by atoms with Gasteiger partial charge in [-0.3, -0.25) is 4.79 Å². The molecule has 0 bridgehead atoms. The molecule has 5 heteroatoms. The molecule has 1 unspecified atom stereocenters. The third-order valence-electron chi connectivity index (χ3n) is 3.47. The second kappa shape index (κ2) is 5.66. The molecule has 108 valence electrons. The highest BCUT2D eigenvalue weighted by Crippen LogP contribution is 2.29. The molecule has 2 aromatic rings. The van der Waals surface area contributed by atoms with E-state index in [2.05, 4.69) is 5.32 Å². The zero-order valence-electron chi connectivity index (χ0n) is 11.3. The van der Waals surface area contributed by atoms with E-state index in [1.54, 1.807) is 12.1 Å². The molecule has 1 atom stereocenters. The van der Waals surface area contributed by atoms with Crippen LogP contribution in [0.3, 0.4) is 0 Å². The quantitative estimate of drug-likeness (QED) is 0.912. The molecule has 1 heterocycles. The van der Waals surface area contributed by atoms with Gasteiger partial charge in [0.25, 0.3) is 0 Å². The second-order valence-electron chi connectivity index (χ2n) is 4.96. The Balaban J connectivity index is 1.89. The zero-order valence-corrected chi connectivity index (χ0v) is 12.1. The number of amides is 1. The van der Waals surface area contributed by atoms with Crippen LogP contribution in [0.15, 0.2) is 42.5 Å². The molecule has 3 rings (SSSR count). The van der Waals surface area contributed by atoms with E-state index < -0.39 is 11.9 Å². The predicted octanol–water partition coefficient (Wildman–Crippen LogP) is 2.91. The van der Waals surface area contributed by atoms with Crippen LogP contribution >= 0.6 is 11.6 Å². The van der Waals surface area contributed by atoms with Crippen molar-refractivity contribution in [1.82, 2.24) is 0 Å². The monoisotopic (exact) mass is 302 g/mol. The van der Waals surface area contributed by atoms with Crippen molar-refractivity contribution in [2.45, 2.75) is 12.5 Å². The predicted molar refractivity (Wildman–Crippen MR) is 82.7 cm³/mol. The van der Waals surface area contributed by atoms with Crippen molar-refractivity contribution >= 4 is 23.2 Å². The minimum absolute atomic E-state index is 0.436. The lowest BCUT2D eigenvalue weighted by Gasteiger charge is -2.18. The first-order chi connectivity index (χ1) is 10.1. The van der Waals surface area contributed by atoms with Gasteiger partial charge in [-0.25, -0.2) is 0 Å². The molecular weight excluding hydrogens is 288 g/mol. The summed E-state index contributed by atoms with van der Waals surface area (Å²) in [5.74, 6) is 0.443. The van der Waals surface area contributed by atoms with Crippen LogP contribution in [0.25, 0.3) is 0 Å². The van der Waals surface area contributed by atoms with Gasteiger partial charge in [0.05, 0.1) is 6.61 Å². The first-order valence-electron chi connectivity index (χ1n) is 6.70. The number of benzene rings is 2. The molecule has 1 amide bonds. The second-order valence-corrected chi connectivity index (χ2v) is 5.39. The van der Waals surface area contributed by atoms with E-state index >= 15 is 0 Å². The van der Waals surface area contributed by atoms with Crippen LogP contribution in [0.1, 0.15) is 17.2 Å². The number of carbonyl (C=O) groups excluding carboxylic acids is 1. The molecule has 0 aromatic heterocycles. The van der Waals surface area contributed by atoms with Crippen LogP contribution in [0.4, 0.5) is 5.69 Å². The molecule has 1 aliphatic heterocycles. The number of fused-ring (bicyclic) bond motifs is 1. The van der Waals surface area contributed by atoms with Crippen LogP contribution < -0.4 is 15.8 Å². The average Bonchev–Trinajstić information content (AvgIpc) is 2.92. The number of carbonyl (C=O) groups is 1. The van der Waals surface area contributed by atoms with E-state index in [1.807, 2.05) is 30.3 Å². The molecule has 3 N–H and O–H groups in total. The Morgan fingerprint density at radius 2 is 2.14 bits per heavy atom. The van der Waals surface area contributed by atoms with Gasteiger partial charge in [0.2, 0.25) is 5.91 Å². The molecular formula is C16H15ClN2O2. The van der Waals surface area contributed by atoms with Gasteiger partial charge in [-0.2, -0.15) is 0 Å². The summed E-state index contributed by atoms with van der Waals surface area (Å²) < 4.78 is 5.47. The van der Waals surface area contributed by atoms with Crippen molar-refractivity contribution in [2.75, 3.05) is 11.9 Å². The van der Waals surface area contributed by atoms with Crippen molar-refractivity contribution in [2.24, 2.45) is 5.73 Å². The lowest BCUT2D eigenvalue weighted by atomic mass is 10.0. The van der Waals surface area contributed by atoms with Gasteiger partial charge >= 0.3 is 0 Å². The van der Waals surface area contributed by atoms with E-state index in [-0.39, 0.29) is 0 Å². The summed E-state index contributed by atoms with van der Waals surface area (Å²) in [6.45, 7) is 0.682. The van der Waals surface area contributed by atoms with E-state index in [4.69, 9.17) is 22.1 Å². The largest absolute Gasteiger partial charge is 0.493 e. The maximum atomic E-state index is 11.8. The highest BCUT2D eigenvalue weighted by Gasteiger charge is 2.21. The summed E-state index contributed by atoms with van der Waals surface area (Å²) in [5.41, 5.74) is 8.22. The van der Waals surface area contributed by atoms with Gasteiger partial charge < -0.3 is 15.8 Å². The minimum Gasteiger partial charge on any atom is -0.493 e. The first kappa shape index (κ1) is 13.8. The molecule has 4 nitrogen and oxygen atoms in total. The number of nitrogens with two attached hydrogens (primary N) is 1. The Labute approximate surface area is 127 Å². The maximum absolute atomic E-state index is 11.8. The topological polar surface area (TPSA) is 64.4 Å². The van der Waals surface area contributed by atoms with E-state index in [9.17, 15) is 4.79 Å². The lowest BCUT2D eigenvalue weighted by Crippen LogP contribution is -2.27. The first-order valence-corrected chi connectivity index (χ1v) is 7.08. The van der Waals surface area contributed by atoms with Crippen molar-refractivity contribution in [3.8, 4) is 5.75 Å². The van der Waals surface area contributed by atoms with Crippen LogP contribution in [-0.2, 0) is 11.2 Å². The molecule has 1 aliphatic rings. The number of hydrogen-bond acceptors (Lipinski definition) is 3. The van der Waals surface area contributed by atoms with Crippen molar-refractivity contribution in [3.05, 3.63) is 58.6 Å². The number of ether oxygens (including phenoxy) is 1. The number of rotatable bonds is 4. The molecule has 0 saturated heterocycles. The maximum Gasteiger partial charge on any atom is 0.244 e. The van der Waals surface area contributed by atoms with Crippen LogP contribution in [0.2, 0.25) is 5.02 Å². The summed E-state index contributed by atoms with van der Waals surface area (Å²) >= 11 is 5.96. The van der Waals surface area contributed by atoms with Gasteiger partial charge in [-0.05, 0) is 41.5 Å². The van der Waals surface area contributed by atoms with E-state index in [0.29, 0.717) is 11.6 Å². The molecule has 0 saturated carbocycles. The van der Waals surface area contributed by atoms with Crippen LogP contribution in [0.5, 0.6) is 5.75 Å². The molecule has 0 fully saturated rings. The van der Waals surface area contributed by atoms with Gasteiger partial charge in [-0.1, -0.05) is 23.7 Å². The van der Waals surface area contributed by atoms with Gasteiger partial charge in [0.1, 0.15) is 11.8 Å². The Hall–Kier alpha value is -2.20. The zero-order chi connectivity index (χ0) is 14.8. The summed E-state index contributed by atoms with van der Waals surface area (Å²) in [5, 5.41) is 3.73. The highest BCUT2D eigenvalue weighted by molar-refractivity contribution is 6.30. The molecule has 2 aromatic carbocycles. The normalized spacial score (nSPS) is 14.1. The Bertz CT molecular complexity index is 688.